The Morgan fingerprint density at radius 2 is 1.94 bits per heavy atom. The van der Waals surface area contributed by atoms with Gasteiger partial charge in [0.05, 0.1) is 37.1 Å². The number of benzene rings is 1. The number of methoxy groups -OCH3 is 1. The molecule has 0 bridgehead atoms. The maximum absolute atomic E-state index is 12.5. The predicted molar refractivity (Wildman–Crippen MR) is 107 cm³/mol. The molecule has 9 heteroatoms. The number of rotatable bonds is 5. The maximum atomic E-state index is 12.5. The number of halogens is 3. The lowest BCUT2D eigenvalue weighted by Gasteiger charge is -2.43. The molecule has 32 heavy (non-hydrogen) atoms. The molecule has 2 atom stereocenters. The summed E-state index contributed by atoms with van der Waals surface area (Å²) in [7, 11) is 1.39. The molecule has 0 fully saturated rings. The Kier molecular flexibility index (Phi) is 6.48. The summed E-state index contributed by atoms with van der Waals surface area (Å²) in [6.45, 7) is -1.78. The molecule has 0 aliphatic heterocycles. The number of ether oxygens (including phenoxy) is 2. The molecule has 6 nitrogen and oxygen atoms in total. The van der Waals surface area contributed by atoms with Gasteiger partial charge in [-0.05, 0) is 48.4 Å². The molecule has 0 heterocycles. The van der Waals surface area contributed by atoms with Crippen molar-refractivity contribution in [2.45, 2.75) is 38.0 Å². The number of nitriles is 3. The van der Waals surface area contributed by atoms with Gasteiger partial charge in [-0.25, -0.2) is 0 Å². The van der Waals surface area contributed by atoms with E-state index < -0.39 is 24.1 Å². The molecule has 166 valence electrons. The first-order valence-corrected chi connectivity index (χ1v) is 9.97. The molecule has 0 aromatic heterocycles. The van der Waals surface area contributed by atoms with Crippen LogP contribution in [-0.2, 0) is 11.3 Å². The van der Waals surface area contributed by atoms with Gasteiger partial charge in [0.15, 0.2) is 5.41 Å². The lowest BCUT2D eigenvalue weighted by Crippen LogP contribution is -2.42. The largest absolute Gasteiger partial charge is 0.496 e. The van der Waals surface area contributed by atoms with Gasteiger partial charge in [0.1, 0.15) is 18.4 Å². The summed E-state index contributed by atoms with van der Waals surface area (Å²) in [6.07, 6.45) is -0.343. The molecule has 2 unspecified atom stereocenters. The van der Waals surface area contributed by atoms with Crippen LogP contribution < -0.4 is 10.5 Å². The van der Waals surface area contributed by atoms with Crippen molar-refractivity contribution in [2.75, 3.05) is 13.7 Å². The van der Waals surface area contributed by atoms with Crippen molar-refractivity contribution >= 4 is 0 Å². The highest BCUT2D eigenvalue weighted by atomic mass is 19.4. The van der Waals surface area contributed by atoms with Crippen LogP contribution in [-0.4, -0.2) is 19.9 Å². The SMILES string of the molecule is COc1ccc(C2C3CCCC=C3C(C#N)=C(N)C2(C#N)C#N)cc1COCC(F)(F)F. The van der Waals surface area contributed by atoms with Crippen molar-refractivity contribution in [3.05, 3.63) is 52.2 Å². The normalized spacial score (nSPS) is 22.1. The smallest absolute Gasteiger partial charge is 0.411 e. The van der Waals surface area contributed by atoms with Gasteiger partial charge >= 0.3 is 6.18 Å². The number of nitrogens with zero attached hydrogens (tertiary/aromatic N) is 3. The summed E-state index contributed by atoms with van der Waals surface area (Å²) < 4.78 is 47.6. The summed E-state index contributed by atoms with van der Waals surface area (Å²) >= 11 is 0. The van der Waals surface area contributed by atoms with E-state index >= 15 is 0 Å². The zero-order valence-corrected chi connectivity index (χ0v) is 17.4. The second kappa shape index (κ2) is 8.94. The lowest BCUT2D eigenvalue weighted by molar-refractivity contribution is -0.176. The minimum atomic E-state index is -4.47. The fraction of sp³-hybridized carbons (Fsp3) is 0.435. The summed E-state index contributed by atoms with van der Waals surface area (Å²) in [5, 5.41) is 29.8. The van der Waals surface area contributed by atoms with Gasteiger partial charge in [-0.3, -0.25) is 0 Å². The van der Waals surface area contributed by atoms with E-state index in [4.69, 9.17) is 15.2 Å². The fourth-order valence-corrected chi connectivity index (χ4v) is 4.63. The van der Waals surface area contributed by atoms with E-state index in [9.17, 15) is 29.0 Å². The van der Waals surface area contributed by atoms with Gasteiger partial charge in [0, 0.05) is 11.5 Å². The molecule has 3 rings (SSSR count). The third-order valence-corrected chi connectivity index (χ3v) is 5.99. The van der Waals surface area contributed by atoms with Crippen LogP contribution >= 0.6 is 0 Å². The van der Waals surface area contributed by atoms with Crippen LogP contribution in [0.15, 0.2) is 41.1 Å². The molecule has 1 aromatic carbocycles. The van der Waals surface area contributed by atoms with E-state index in [2.05, 4.69) is 6.07 Å². The van der Waals surface area contributed by atoms with Gasteiger partial charge in [-0.1, -0.05) is 12.1 Å². The Balaban J connectivity index is 2.13. The van der Waals surface area contributed by atoms with Gasteiger partial charge in [0.2, 0.25) is 0 Å². The number of nitrogens with two attached hydrogens (primary N) is 1. The highest BCUT2D eigenvalue weighted by Gasteiger charge is 2.53. The molecular formula is C23H21F3N4O2. The van der Waals surface area contributed by atoms with Crippen molar-refractivity contribution < 1.29 is 22.6 Å². The molecule has 0 radical (unpaired) electrons. The zero-order chi connectivity index (χ0) is 23.5. The van der Waals surface area contributed by atoms with Crippen LogP contribution in [0.4, 0.5) is 13.2 Å². The Hall–Kier alpha value is -3.48. The molecule has 0 amide bonds. The topological polar surface area (TPSA) is 116 Å². The third kappa shape index (κ3) is 4.02. The maximum Gasteiger partial charge on any atom is 0.411 e. The summed E-state index contributed by atoms with van der Waals surface area (Å²) in [4.78, 5) is 0. The lowest BCUT2D eigenvalue weighted by atomic mass is 9.56. The number of hydrogen-bond donors (Lipinski definition) is 1. The third-order valence-electron chi connectivity index (χ3n) is 5.99. The van der Waals surface area contributed by atoms with Crippen LogP contribution in [0, 0.1) is 45.3 Å². The first-order chi connectivity index (χ1) is 15.2. The van der Waals surface area contributed by atoms with Crippen molar-refractivity contribution in [3.63, 3.8) is 0 Å². The first-order valence-electron chi connectivity index (χ1n) is 9.97. The zero-order valence-electron chi connectivity index (χ0n) is 17.4. The highest BCUT2D eigenvalue weighted by molar-refractivity contribution is 5.59. The Bertz CT molecular complexity index is 1070. The average Bonchev–Trinajstić information content (AvgIpc) is 2.77. The average molecular weight is 442 g/mol. The standard InChI is InChI=1S/C23H21F3N4O2/c1-31-19-7-6-14(8-15(19)10-32-13-23(24,25)26)20-17-5-3-2-4-16(17)18(9-27)21(30)22(20,11-28)12-29/h4,6-8,17,20H,2-3,5,10,13,30H2,1H3. The molecule has 2 aliphatic rings. The van der Waals surface area contributed by atoms with Gasteiger partial charge in [0.25, 0.3) is 0 Å². The summed E-state index contributed by atoms with van der Waals surface area (Å²) in [5.74, 6) is -0.678. The fourth-order valence-electron chi connectivity index (χ4n) is 4.63. The predicted octanol–water partition coefficient (Wildman–Crippen LogP) is 4.37. The monoisotopic (exact) mass is 442 g/mol. The van der Waals surface area contributed by atoms with Crippen molar-refractivity contribution in [2.24, 2.45) is 17.1 Å². The van der Waals surface area contributed by atoms with Crippen LogP contribution in [0.1, 0.15) is 36.3 Å². The van der Waals surface area contributed by atoms with Crippen LogP contribution in [0.2, 0.25) is 0 Å². The minimum Gasteiger partial charge on any atom is -0.496 e. The number of fused-ring (bicyclic) bond motifs is 1. The Morgan fingerprint density at radius 3 is 2.53 bits per heavy atom. The van der Waals surface area contributed by atoms with Gasteiger partial charge < -0.3 is 15.2 Å². The minimum absolute atomic E-state index is 0.0925. The number of allylic oxidation sites excluding steroid dienone is 4. The second-order valence-corrected chi connectivity index (χ2v) is 7.79. The molecule has 2 N–H and O–H groups in total. The highest BCUT2D eigenvalue weighted by Crippen LogP contribution is 2.56. The molecule has 1 aromatic rings. The second-order valence-electron chi connectivity index (χ2n) is 7.79. The number of hydrogen-bond acceptors (Lipinski definition) is 6. The summed E-state index contributed by atoms with van der Waals surface area (Å²) in [5.41, 5.74) is 6.15. The van der Waals surface area contributed by atoms with Gasteiger partial charge in [-0.2, -0.15) is 29.0 Å². The molecule has 0 spiro atoms. The van der Waals surface area contributed by atoms with Crippen LogP contribution in [0.5, 0.6) is 5.75 Å². The van der Waals surface area contributed by atoms with Gasteiger partial charge in [-0.15, -0.1) is 0 Å². The van der Waals surface area contributed by atoms with E-state index in [0.29, 0.717) is 28.9 Å². The van der Waals surface area contributed by atoms with Crippen molar-refractivity contribution in [1.29, 1.82) is 15.8 Å². The summed E-state index contributed by atoms with van der Waals surface area (Å²) in [6, 6.07) is 11.0. The Morgan fingerprint density at radius 1 is 1.22 bits per heavy atom. The van der Waals surface area contributed by atoms with Crippen LogP contribution in [0.25, 0.3) is 0 Å². The first kappa shape index (κ1) is 23.2. The molecular weight excluding hydrogens is 421 g/mol. The van der Waals surface area contributed by atoms with Crippen molar-refractivity contribution in [3.8, 4) is 24.0 Å². The Labute approximate surface area is 183 Å². The molecule has 0 saturated carbocycles. The molecule has 0 saturated heterocycles. The molecule has 2 aliphatic carbocycles. The van der Waals surface area contributed by atoms with Crippen LogP contribution in [0.3, 0.4) is 0 Å². The van der Waals surface area contributed by atoms with E-state index in [0.717, 1.165) is 12.8 Å². The van der Waals surface area contributed by atoms with E-state index in [1.165, 1.54) is 7.11 Å². The van der Waals surface area contributed by atoms with E-state index in [-0.39, 0.29) is 23.8 Å². The van der Waals surface area contributed by atoms with E-state index in [1.54, 1.807) is 18.2 Å². The van der Waals surface area contributed by atoms with Crippen molar-refractivity contribution in [1.82, 2.24) is 0 Å². The van der Waals surface area contributed by atoms with E-state index in [1.807, 2.05) is 18.2 Å². The quantitative estimate of drug-likeness (QED) is 0.724. The number of alkyl halides is 3.